The minimum Gasteiger partial charge on any atom is -0.487 e. The van der Waals surface area contributed by atoms with Crippen LogP contribution in [0.3, 0.4) is 0 Å². The van der Waals surface area contributed by atoms with Crippen molar-refractivity contribution in [2.24, 2.45) is 5.16 Å². The van der Waals surface area contributed by atoms with E-state index in [1.165, 1.54) is 7.11 Å². The van der Waals surface area contributed by atoms with Gasteiger partial charge in [-0.05, 0) is 72.8 Å². The molecule has 8 nitrogen and oxygen atoms in total. The van der Waals surface area contributed by atoms with Crippen molar-refractivity contribution in [2.45, 2.75) is 13.2 Å². The molecule has 0 radical (unpaired) electrons. The van der Waals surface area contributed by atoms with E-state index < -0.39 is 5.97 Å². The molecule has 0 unspecified atom stereocenters. The lowest BCUT2D eigenvalue weighted by atomic mass is 10.1. The van der Waals surface area contributed by atoms with Crippen molar-refractivity contribution >= 4 is 11.7 Å². The van der Waals surface area contributed by atoms with Crippen molar-refractivity contribution in [1.29, 1.82) is 0 Å². The molecular formula is C27H23N3O5. The topological polar surface area (TPSA) is 92.1 Å². The van der Waals surface area contributed by atoms with E-state index in [4.69, 9.17) is 19.0 Å². The first-order chi connectivity index (χ1) is 17.2. The van der Waals surface area contributed by atoms with Crippen LogP contribution in [0.2, 0.25) is 0 Å². The third kappa shape index (κ3) is 6.88. The predicted octanol–water partition coefficient (Wildman–Crippen LogP) is 4.59. The van der Waals surface area contributed by atoms with Gasteiger partial charge < -0.3 is 19.0 Å². The summed E-state index contributed by atoms with van der Waals surface area (Å²) in [4.78, 5) is 26.1. The van der Waals surface area contributed by atoms with E-state index in [-0.39, 0.29) is 5.71 Å². The van der Waals surface area contributed by atoms with Crippen LogP contribution >= 0.6 is 0 Å². The zero-order valence-electron chi connectivity index (χ0n) is 19.0. The number of aromatic nitrogens is 2. The van der Waals surface area contributed by atoms with Crippen molar-refractivity contribution in [3.8, 4) is 17.2 Å². The van der Waals surface area contributed by atoms with E-state index in [2.05, 4.69) is 15.1 Å². The number of nitrogens with zero attached hydrogens (tertiary/aromatic N) is 3. The Morgan fingerprint density at radius 3 is 1.71 bits per heavy atom. The van der Waals surface area contributed by atoms with Crippen molar-refractivity contribution < 1.29 is 23.8 Å². The van der Waals surface area contributed by atoms with Gasteiger partial charge in [-0.25, -0.2) is 4.79 Å². The van der Waals surface area contributed by atoms with Gasteiger partial charge in [0.25, 0.3) is 0 Å². The standard InChI is InChI=1S/C27H23N3O5/c1-32-30-26(20-8-10-23(11-9-20)33-18-21-6-2-4-16-28-21)27(31)35-25-14-12-24(13-15-25)34-19-22-7-3-5-17-29-22/h2-17H,18-19H2,1H3. The van der Waals surface area contributed by atoms with Crippen LogP contribution in [-0.4, -0.2) is 28.8 Å². The molecule has 2 aromatic carbocycles. The average molecular weight is 469 g/mol. The number of rotatable bonds is 10. The summed E-state index contributed by atoms with van der Waals surface area (Å²) in [5.74, 6) is 0.948. The molecule has 0 saturated heterocycles. The summed E-state index contributed by atoms with van der Waals surface area (Å²) < 4.78 is 16.9. The summed E-state index contributed by atoms with van der Waals surface area (Å²) in [7, 11) is 1.37. The summed E-state index contributed by atoms with van der Waals surface area (Å²) in [6, 6.07) is 24.9. The van der Waals surface area contributed by atoms with Gasteiger partial charge in [0.2, 0.25) is 0 Å². The van der Waals surface area contributed by atoms with Gasteiger partial charge in [-0.3, -0.25) is 9.97 Å². The Morgan fingerprint density at radius 1 is 0.714 bits per heavy atom. The van der Waals surface area contributed by atoms with Gasteiger partial charge in [-0.2, -0.15) is 0 Å². The Bertz CT molecular complexity index is 1250. The fourth-order valence-corrected chi connectivity index (χ4v) is 3.05. The molecule has 176 valence electrons. The van der Waals surface area contributed by atoms with Crippen LogP contribution in [0.25, 0.3) is 0 Å². The maximum absolute atomic E-state index is 12.8. The van der Waals surface area contributed by atoms with Gasteiger partial charge in [0.05, 0.1) is 11.4 Å². The summed E-state index contributed by atoms with van der Waals surface area (Å²) >= 11 is 0. The molecule has 0 aliphatic rings. The maximum atomic E-state index is 12.8. The first kappa shape index (κ1) is 23.4. The summed E-state index contributed by atoms with van der Waals surface area (Å²) in [6.45, 7) is 0.676. The highest BCUT2D eigenvalue weighted by Gasteiger charge is 2.18. The first-order valence-electron chi connectivity index (χ1n) is 10.8. The number of hydrogen-bond donors (Lipinski definition) is 0. The van der Waals surface area contributed by atoms with Gasteiger partial charge in [0.15, 0.2) is 5.71 Å². The third-order valence-corrected chi connectivity index (χ3v) is 4.76. The van der Waals surface area contributed by atoms with Crippen LogP contribution in [0.15, 0.2) is 102 Å². The second-order valence-electron chi connectivity index (χ2n) is 7.23. The highest BCUT2D eigenvalue weighted by Crippen LogP contribution is 2.20. The van der Waals surface area contributed by atoms with Crippen LogP contribution in [0.1, 0.15) is 17.0 Å². The van der Waals surface area contributed by atoms with Crippen molar-refractivity contribution in [3.05, 3.63) is 114 Å². The van der Waals surface area contributed by atoms with E-state index in [1.54, 1.807) is 60.9 Å². The largest absolute Gasteiger partial charge is 0.487 e. The molecule has 0 spiro atoms. The number of carbonyl (C=O) groups is 1. The number of benzene rings is 2. The van der Waals surface area contributed by atoms with E-state index in [0.29, 0.717) is 36.0 Å². The average Bonchev–Trinajstić information content (AvgIpc) is 2.92. The normalized spacial score (nSPS) is 10.9. The Balaban J connectivity index is 1.35. The van der Waals surface area contributed by atoms with Gasteiger partial charge in [-0.15, -0.1) is 0 Å². The number of esters is 1. The lowest BCUT2D eigenvalue weighted by Crippen LogP contribution is -2.22. The monoisotopic (exact) mass is 469 g/mol. The quantitative estimate of drug-likeness (QED) is 0.145. The fraction of sp³-hybridized carbons (Fsp3) is 0.111. The highest BCUT2D eigenvalue weighted by molar-refractivity contribution is 6.43. The minimum absolute atomic E-state index is 0.0271. The molecular weight excluding hydrogens is 446 g/mol. The van der Waals surface area contributed by atoms with Gasteiger partial charge in [0, 0.05) is 18.0 Å². The molecule has 0 aliphatic carbocycles. The van der Waals surface area contributed by atoms with E-state index in [1.807, 2.05) is 36.4 Å². The summed E-state index contributed by atoms with van der Waals surface area (Å²) in [6.07, 6.45) is 3.42. The summed E-state index contributed by atoms with van der Waals surface area (Å²) in [5.41, 5.74) is 2.18. The zero-order valence-corrected chi connectivity index (χ0v) is 19.0. The molecule has 4 aromatic rings. The molecule has 0 saturated carbocycles. The Hall–Kier alpha value is -4.72. The van der Waals surface area contributed by atoms with Crippen LogP contribution in [-0.2, 0) is 22.8 Å². The maximum Gasteiger partial charge on any atom is 0.366 e. The van der Waals surface area contributed by atoms with E-state index in [0.717, 1.165) is 11.4 Å². The number of hydrogen-bond acceptors (Lipinski definition) is 8. The predicted molar refractivity (Wildman–Crippen MR) is 129 cm³/mol. The number of oxime groups is 1. The van der Waals surface area contributed by atoms with Crippen LogP contribution in [0.5, 0.6) is 17.2 Å². The Labute approximate surface area is 202 Å². The number of ether oxygens (including phenoxy) is 3. The van der Waals surface area contributed by atoms with Crippen molar-refractivity contribution in [1.82, 2.24) is 9.97 Å². The Kier molecular flexibility index (Phi) is 8.00. The molecule has 0 bridgehead atoms. The first-order valence-corrected chi connectivity index (χ1v) is 10.8. The number of carbonyl (C=O) groups excluding carboxylic acids is 1. The van der Waals surface area contributed by atoms with Crippen LogP contribution in [0, 0.1) is 0 Å². The van der Waals surface area contributed by atoms with Crippen molar-refractivity contribution in [3.63, 3.8) is 0 Å². The second kappa shape index (κ2) is 11.9. The molecule has 2 aromatic heterocycles. The molecule has 0 aliphatic heterocycles. The SMILES string of the molecule is CON=C(C(=O)Oc1ccc(OCc2ccccn2)cc1)c1ccc(OCc2ccccn2)cc1. The molecule has 0 amide bonds. The van der Waals surface area contributed by atoms with Crippen molar-refractivity contribution in [2.75, 3.05) is 7.11 Å². The minimum atomic E-state index is -0.656. The molecule has 0 atom stereocenters. The third-order valence-electron chi connectivity index (χ3n) is 4.76. The molecule has 8 heteroatoms. The second-order valence-corrected chi connectivity index (χ2v) is 7.23. The fourth-order valence-electron chi connectivity index (χ4n) is 3.05. The molecule has 35 heavy (non-hydrogen) atoms. The van der Waals surface area contributed by atoms with E-state index in [9.17, 15) is 4.79 Å². The highest BCUT2D eigenvalue weighted by atomic mass is 16.6. The van der Waals surface area contributed by atoms with Gasteiger partial charge in [0.1, 0.15) is 37.6 Å². The number of pyridine rings is 2. The Morgan fingerprint density at radius 2 is 1.23 bits per heavy atom. The molecule has 0 N–H and O–H groups in total. The lowest BCUT2D eigenvalue weighted by Gasteiger charge is -2.10. The smallest absolute Gasteiger partial charge is 0.366 e. The molecule has 4 rings (SSSR count). The zero-order chi connectivity index (χ0) is 24.3. The summed E-state index contributed by atoms with van der Waals surface area (Å²) in [5, 5.41) is 3.85. The van der Waals surface area contributed by atoms with Gasteiger partial charge >= 0.3 is 5.97 Å². The lowest BCUT2D eigenvalue weighted by molar-refractivity contribution is -0.127. The van der Waals surface area contributed by atoms with Crippen LogP contribution in [0.4, 0.5) is 0 Å². The van der Waals surface area contributed by atoms with Crippen LogP contribution < -0.4 is 14.2 Å². The van der Waals surface area contributed by atoms with Gasteiger partial charge in [-0.1, -0.05) is 17.3 Å². The molecule has 0 fully saturated rings. The molecule has 2 heterocycles. The van der Waals surface area contributed by atoms with E-state index >= 15 is 0 Å².